The molecule has 3 heterocycles. The highest BCUT2D eigenvalue weighted by Crippen LogP contribution is 2.35. The fourth-order valence-electron chi connectivity index (χ4n) is 2.41. The molecule has 0 aliphatic carbocycles. The van der Waals surface area contributed by atoms with Gasteiger partial charge < -0.3 is 9.15 Å². The first kappa shape index (κ1) is 16.4. The van der Waals surface area contributed by atoms with Crippen LogP contribution in [0, 0.1) is 0 Å². The van der Waals surface area contributed by atoms with Gasteiger partial charge in [-0.05, 0) is 30.2 Å². The van der Waals surface area contributed by atoms with Crippen molar-refractivity contribution in [1.29, 1.82) is 0 Å². The van der Waals surface area contributed by atoms with E-state index in [9.17, 15) is 0 Å². The standard InChI is InChI=1S/C15H23N5O2S/c1-10(13-16-8-12(22-13)15(2,3)4)23-14-17-18-19-20(14)9-11-6-5-7-21-11/h8,10-11H,5-7,9H2,1-4H3. The Kier molecular flexibility index (Phi) is 4.72. The van der Waals surface area contributed by atoms with Crippen molar-refractivity contribution in [3.05, 3.63) is 17.8 Å². The molecule has 0 spiro atoms. The first-order valence-corrected chi connectivity index (χ1v) is 8.82. The molecule has 2 atom stereocenters. The summed E-state index contributed by atoms with van der Waals surface area (Å²) in [5.74, 6) is 1.59. The number of ether oxygens (including phenoxy) is 1. The van der Waals surface area contributed by atoms with Crippen molar-refractivity contribution in [2.45, 2.75) is 69.0 Å². The smallest absolute Gasteiger partial charge is 0.210 e. The number of oxazole rings is 1. The summed E-state index contributed by atoms with van der Waals surface area (Å²) in [7, 11) is 0. The molecule has 0 aromatic carbocycles. The van der Waals surface area contributed by atoms with Gasteiger partial charge in [-0.1, -0.05) is 32.5 Å². The highest BCUT2D eigenvalue weighted by Gasteiger charge is 2.24. The van der Waals surface area contributed by atoms with E-state index in [2.05, 4.69) is 41.3 Å². The van der Waals surface area contributed by atoms with Crippen molar-refractivity contribution >= 4 is 11.8 Å². The molecule has 0 saturated carbocycles. The minimum Gasteiger partial charge on any atom is -0.444 e. The lowest BCUT2D eigenvalue weighted by Gasteiger charge is -2.14. The Labute approximate surface area is 140 Å². The van der Waals surface area contributed by atoms with Gasteiger partial charge in [-0.25, -0.2) is 9.67 Å². The largest absolute Gasteiger partial charge is 0.444 e. The second-order valence-corrected chi connectivity index (χ2v) is 8.16. The fraction of sp³-hybridized carbons (Fsp3) is 0.733. The third kappa shape index (κ3) is 3.92. The van der Waals surface area contributed by atoms with E-state index >= 15 is 0 Å². The molecule has 8 heteroatoms. The van der Waals surface area contributed by atoms with Crippen molar-refractivity contribution in [2.24, 2.45) is 0 Å². The number of nitrogens with zero attached hydrogens (tertiary/aromatic N) is 5. The molecule has 1 fully saturated rings. The van der Waals surface area contributed by atoms with Gasteiger partial charge in [0.25, 0.3) is 0 Å². The minimum atomic E-state index is -0.0446. The summed E-state index contributed by atoms with van der Waals surface area (Å²) in [6.45, 7) is 9.90. The Balaban J connectivity index is 1.67. The van der Waals surface area contributed by atoms with E-state index in [4.69, 9.17) is 9.15 Å². The lowest BCUT2D eigenvalue weighted by Crippen LogP contribution is -2.17. The third-order valence-electron chi connectivity index (χ3n) is 3.79. The van der Waals surface area contributed by atoms with E-state index in [1.54, 1.807) is 11.8 Å². The van der Waals surface area contributed by atoms with Crippen LogP contribution in [0.2, 0.25) is 0 Å². The number of hydrogen-bond acceptors (Lipinski definition) is 7. The Morgan fingerprint density at radius 3 is 2.91 bits per heavy atom. The highest BCUT2D eigenvalue weighted by molar-refractivity contribution is 7.99. The monoisotopic (exact) mass is 337 g/mol. The van der Waals surface area contributed by atoms with Gasteiger partial charge in [0.05, 0.1) is 24.1 Å². The molecule has 1 saturated heterocycles. The zero-order valence-corrected chi connectivity index (χ0v) is 14.8. The van der Waals surface area contributed by atoms with Crippen LogP contribution in [0.5, 0.6) is 0 Å². The highest BCUT2D eigenvalue weighted by atomic mass is 32.2. The van der Waals surface area contributed by atoms with Crippen LogP contribution in [-0.4, -0.2) is 37.9 Å². The Morgan fingerprint density at radius 1 is 1.43 bits per heavy atom. The third-order valence-corrected chi connectivity index (χ3v) is 4.85. The normalized spacial score (nSPS) is 20.1. The first-order chi connectivity index (χ1) is 10.9. The van der Waals surface area contributed by atoms with Crippen molar-refractivity contribution < 1.29 is 9.15 Å². The maximum absolute atomic E-state index is 5.90. The van der Waals surface area contributed by atoms with Crippen molar-refractivity contribution in [3.63, 3.8) is 0 Å². The molecular formula is C15H23N5O2S. The number of rotatable bonds is 5. The van der Waals surface area contributed by atoms with Crippen LogP contribution < -0.4 is 0 Å². The summed E-state index contributed by atoms with van der Waals surface area (Å²) in [6, 6.07) is 0. The van der Waals surface area contributed by atoms with Crippen LogP contribution in [0.3, 0.4) is 0 Å². The SMILES string of the molecule is CC(Sc1nnnn1CC1CCCO1)c1ncc(C(C)(C)C)o1. The van der Waals surface area contributed by atoms with Gasteiger partial charge in [-0.2, -0.15) is 0 Å². The summed E-state index contributed by atoms with van der Waals surface area (Å²) in [6.07, 6.45) is 4.19. The molecule has 3 rings (SSSR count). The molecule has 126 valence electrons. The van der Waals surface area contributed by atoms with Crippen LogP contribution in [0.25, 0.3) is 0 Å². The summed E-state index contributed by atoms with van der Waals surface area (Å²) < 4.78 is 13.4. The topological polar surface area (TPSA) is 78.9 Å². The average molecular weight is 337 g/mol. The van der Waals surface area contributed by atoms with E-state index in [0.29, 0.717) is 12.4 Å². The van der Waals surface area contributed by atoms with Crippen molar-refractivity contribution in [1.82, 2.24) is 25.2 Å². The second-order valence-electron chi connectivity index (χ2n) is 6.85. The molecule has 1 aliphatic heterocycles. The number of hydrogen-bond donors (Lipinski definition) is 0. The molecule has 0 amide bonds. The van der Waals surface area contributed by atoms with Gasteiger partial charge in [0.2, 0.25) is 11.0 Å². The second kappa shape index (κ2) is 6.60. The molecule has 2 aromatic heterocycles. The quantitative estimate of drug-likeness (QED) is 0.776. The Hall–Kier alpha value is -1.41. The van der Waals surface area contributed by atoms with E-state index < -0.39 is 0 Å². The Morgan fingerprint density at radius 2 is 2.26 bits per heavy atom. The van der Waals surface area contributed by atoms with Crippen LogP contribution in [0.1, 0.15) is 57.4 Å². The maximum Gasteiger partial charge on any atom is 0.210 e. The van der Waals surface area contributed by atoms with Crippen LogP contribution >= 0.6 is 11.8 Å². The zero-order chi connectivity index (χ0) is 16.4. The molecule has 0 radical (unpaired) electrons. The summed E-state index contributed by atoms with van der Waals surface area (Å²) in [4.78, 5) is 4.41. The van der Waals surface area contributed by atoms with E-state index in [1.807, 2.05) is 17.8 Å². The lowest BCUT2D eigenvalue weighted by molar-refractivity contribution is 0.0911. The Bertz CT molecular complexity index is 642. The summed E-state index contributed by atoms with van der Waals surface area (Å²) in [5, 5.41) is 12.8. The van der Waals surface area contributed by atoms with Crippen LogP contribution in [0.15, 0.2) is 15.8 Å². The lowest BCUT2D eigenvalue weighted by atomic mass is 9.94. The van der Waals surface area contributed by atoms with E-state index in [1.165, 1.54) is 0 Å². The van der Waals surface area contributed by atoms with Gasteiger partial charge in [0, 0.05) is 12.0 Å². The predicted molar refractivity (Wildman–Crippen MR) is 86.3 cm³/mol. The molecule has 23 heavy (non-hydrogen) atoms. The molecule has 1 aliphatic rings. The van der Waals surface area contributed by atoms with Gasteiger partial charge in [-0.15, -0.1) is 5.10 Å². The molecule has 7 nitrogen and oxygen atoms in total. The molecule has 2 aromatic rings. The van der Waals surface area contributed by atoms with Gasteiger partial charge >= 0.3 is 0 Å². The molecular weight excluding hydrogens is 314 g/mol. The van der Waals surface area contributed by atoms with Crippen molar-refractivity contribution in [2.75, 3.05) is 6.61 Å². The molecule has 0 bridgehead atoms. The van der Waals surface area contributed by atoms with E-state index in [0.717, 1.165) is 30.4 Å². The first-order valence-electron chi connectivity index (χ1n) is 7.94. The summed E-state index contributed by atoms with van der Waals surface area (Å²) >= 11 is 1.55. The van der Waals surface area contributed by atoms with E-state index in [-0.39, 0.29) is 16.8 Å². The summed E-state index contributed by atoms with van der Waals surface area (Å²) in [5.41, 5.74) is -0.0446. The van der Waals surface area contributed by atoms with Gasteiger partial charge in [-0.3, -0.25) is 0 Å². The van der Waals surface area contributed by atoms with Crippen LogP contribution in [-0.2, 0) is 16.7 Å². The fourth-order valence-corrected chi connectivity index (χ4v) is 3.25. The number of tetrazole rings is 1. The minimum absolute atomic E-state index is 0.0420. The zero-order valence-electron chi connectivity index (χ0n) is 14.0. The maximum atomic E-state index is 5.90. The number of thioether (sulfide) groups is 1. The number of aromatic nitrogens is 5. The molecule has 0 N–H and O–H groups in total. The van der Waals surface area contributed by atoms with Crippen molar-refractivity contribution in [3.8, 4) is 0 Å². The van der Waals surface area contributed by atoms with Gasteiger partial charge in [0.15, 0.2) is 0 Å². The average Bonchev–Trinajstić information content (AvgIpc) is 3.20. The molecule has 2 unspecified atom stereocenters. The van der Waals surface area contributed by atoms with Crippen LogP contribution in [0.4, 0.5) is 0 Å². The predicted octanol–water partition coefficient (Wildman–Crippen LogP) is 2.99. The van der Waals surface area contributed by atoms with Gasteiger partial charge in [0.1, 0.15) is 5.76 Å².